The van der Waals surface area contributed by atoms with Crippen LogP contribution in [-0.2, 0) is 6.54 Å². The molecule has 84 valence electrons. The van der Waals surface area contributed by atoms with E-state index in [2.05, 4.69) is 25.8 Å². The van der Waals surface area contributed by atoms with Gasteiger partial charge >= 0.3 is 0 Å². The van der Waals surface area contributed by atoms with Crippen molar-refractivity contribution in [2.24, 2.45) is 5.73 Å². The number of hydrogen-bond acceptors (Lipinski definition) is 3. The van der Waals surface area contributed by atoms with Gasteiger partial charge in [-0.25, -0.2) is 4.98 Å². The van der Waals surface area contributed by atoms with Crippen molar-refractivity contribution >= 4 is 0 Å². The van der Waals surface area contributed by atoms with Crippen molar-refractivity contribution in [3.8, 4) is 5.88 Å². The zero-order chi connectivity index (χ0) is 11.3. The smallest absolute Gasteiger partial charge is 0.213 e. The van der Waals surface area contributed by atoms with E-state index in [-0.39, 0.29) is 0 Å². The van der Waals surface area contributed by atoms with Crippen LogP contribution in [0.25, 0.3) is 0 Å². The van der Waals surface area contributed by atoms with Crippen molar-refractivity contribution in [1.29, 1.82) is 0 Å². The molecule has 0 atom stereocenters. The maximum atomic E-state index is 5.63. The van der Waals surface area contributed by atoms with E-state index in [1.165, 1.54) is 0 Å². The number of ether oxygens (including phenoxy) is 1. The quantitative estimate of drug-likeness (QED) is 0.808. The molecule has 0 saturated carbocycles. The van der Waals surface area contributed by atoms with Crippen LogP contribution in [0.5, 0.6) is 5.88 Å². The summed E-state index contributed by atoms with van der Waals surface area (Å²) in [6.07, 6.45) is 0.992. The molecular formula is C12H20N2O. The third-order valence-electron chi connectivity index (χ3n) is 2.16. The molecular weight excluding hydrogens is 188 g/mol. The lowest BCUT2D eigenvalue weighted by atomic mass is 10.1. The van der Waals surface area contributed by atoms with E-state index in [0.717, 1.165) is 17.7 Å². The average Bonchev–Trinajstić information content (AvgIpc) is 2.25. The first-order valence-electron chi connectivity index (χ1n) is 5.51. The molecule has 1 aromatic rings. The molecule has 0 aromatic carbocycles. The predicted molar refractivity (Wildman–Crippen MR) is 62.0 cm³/mol. The van der Waals surface area contributed by atoms with E-state index < -0.39 is 0 Å². The maximum Gasteiger partial charge on any atom is 0.213 e. The highest BCUT2D eigenvalue weighted by Crippen LogP contribution is 2.18. The molecule has 2 N–H and O–H groups in total. The Morgan fingerprint density at radius 3 is 2.67 bits per heavy atom. The van der Waals surface area contributed by atoms with Gasteiger partial charge in [0.1, 0.15) is 0 Å². The van der Waals surface area contributed by atoms with Crippen LogP contribution in [0.4, 0.5) is 0 Å². The van der Waals surface area contributed by atoms with Gasteiger partial charge in [-0.05, 0) is 24.0 Å². The fraction of sp³-hybridized carbons (Fsp3) is 0.583. The summed E-state index contributed by atoms with van der Waals surface area (Å²) in [6.45, 7) is 7.55. The summed E-state index contributed by atoms with van der Waals surface area (Å²) in [4.78, 5) is 4.44. The molecule has 0 spiro atoms. The van der Waals surface area contributed by atoms with Gasteiger partial charge in [0.2, 0.25) is 5.88 Å². The standard InChI is InChI=1S/C12H20N2O/c1-4-5-15-12-7-10(8-13)6-11(14-12)9(2)3/h6-7,9H,4-5,8,13H2,1-3H3. The topological polar surface area (TPSA) is 48.1 Å². The number of hydrogen-bond donors (Lipinski definition) is 1. The van der Waals surface area contributed by atoms with Crippen LogP contribution < -0.4 is 10.5 Å². The van der Waals surface area contributed by atoms with Crippen LogP contribution in [0.2, 0.25) is 0 Å². The van der Waals surface area contributed by atoms with Crippen molar-refractivity contribution in [3.63, 3.8) is 0 Å². The molecule has 1 rings (SSSR count). The van der Waals surface area contributed by atoms with Gasteiger partial charge in [0.25, 0.3) is 0 Å². The molecule has 0 saturated heterocycles. The van der Waals surface area contributed by atoms with Gasteiger partial charge in [-0.2, -0.15) is 0 Å². The third kappa shape index (κ3) is 3.51. The van der Waals surface area contributed by atoms with E-state index in [4.69, 9.17) is 10.5 Å². The normalized spacial score (nSPS) is 10.7. The summed E-state index contributed by atoms with van der Waals surface area (Å²) in [6, 6.07) is 3.96. The molecule has 3 nitrogen and oxygen atoms in total. The van der Waals surface area contributed by atoms with Gasteiger partial charge in [0.15, 0.2) is 0 Å². The first kappa shape index (κ1) is 12.0. The highest BCUT2D eigenvalue weighted by atomic mass is 16.5. The molecule has 3 heteroatoms. The molecule has 1 heterocycles. The SMILES string of the molecule is CCCOc1cc(CN)cc(C(C)C)n1. The summed E-state index contributed by atoms with van der Waals surface area (Å²) in [5.74, 6) is 1.10. The van der Waals surface area contributed by atoms with E-state index in [0.29, 0.717) is 24.9 Å². The molecule has 1 aromatic heterocycles. The Kier molecular flexibility index (Phi) is 4.56. The number of pyridine rings is 1. The molecule has 15 heavy (non-hydrogen) atoms. The van der Waals surface area contributed by atoms with Gasteiger partial charge < -0.3 is 10.5 Å². The minimum atomic E-state index is 0.403. The van der Waals surface area contributed by atoms with Crippen molar-refractivity contribution in [2.75, 3.05) is 6.61 Å². The molecule has 0 bridgehead atoms. The fourth-order valence-electron chi connectivity index (χ4n) is 1.28. The molecule has 0 aliphatic carbocycles. The second-order valence-electron chi connectivity index (χ2n) is 3.95. The Hall–Kier alpha value is -1.09. The number of rotatable bonds is 5. The Morgan fingerprint density at radius 1 is 1.40 bits per heavy atom. The minimum Gasteiger partial charge on any atom is -0.478 e. The molecule has 0 aliphatic rings. The van der Waals surface area contributed by atoms with Gasteiger partial charge in [-0.15, -0.1) is 0 Å². The largest absolute Gasteiger partial charge is 0.478 e. The van der Waals surface area contributed by atoms with Gasteiger partial charge in [0.05, 0.1) is 6.61 Å². The summed E-state index contributed by atoms with van der Waals surface area (Å²) in [5.41, 5.74) is 7.76. The zero-order valence-corrected chi connectivity index (χ0v) is 9.79. The monoisotopic (exact) mass is 208 g/mol. The summed E-state index contributed by atoms with van der Waals surface area (Å²) >= 11 is 0. The van der Waals surface area contributed by atoms with Crippen molar-refractivity contribution < 1.29 is 4.74 Å². The van der Waals surface area contributed by atoms with Crippen molar-refractivity contribution in [3.05, 3.63) is 23.4 Å². The van der Waals surface area contributed by atoms with Crippen LogP contribution in [0, 0.1) is 0 Å². The summed E-state index contributed by atoms with van der Waals surface area (Å²) in [7, 11) is 0. The van der Waals surface area contributed by atoms with Crippen LogP contribution in [0.15, 0.2) is 12.1 Å². The van der Waals surface area contributed by atoms with Crippen LogP contribution in [0.3, 0.4) is 0 Å². The second kappa shape index (κ2) is 5.71. The maximum absolute atomic E-state index is 5.63. The fourth-order valence-corrected chi connectivity index (χ4v) is 1.28. The molecule has 0 radical (unpaired) electrons. The van der Waals surface area contributed by atoms with E-state index >= 15 is 0 Å². The Balaban J connectivity index is 2.90. The molecule has 0 aliphatic heterocycles. The predicted octanol–water partition coefficient (Wildman–Crippen LogP) is 2.45. The van der Waals surface area contributed by atoms with Crippen molar-refractivity contribution in [2.45, 2.75) is 39.7 Å². The van der Waals surface area contributed by atoms with Crippen LogP contribution in [-0.4, -0.2) is 11.6 Å². The minimum absolute atomic E-state index is 0.403. The lowest BCUT2D eigenvalue weighted by Gasteiger charge is -2.10. The first-order valence-corrected chi connectivity index (χ1v) is 5.51. The molecule has 0 amide bonds. The third-order valence-corrected chi connectivity index (χ3v) is 2.16. The second-order valence-corrected chi connectivity index (χ2v) is 3.95. The lowest BCUT2D eigenvalue weighted by molar-refractivity contribution is 0.303. The summed E-state index contributed by atoms with van der Waals surface area (Å²) < 4.78 is 5.52. The van der Waals surface area contributed by atoms with E-state index in [1.807, 2.05) is 12.1 Å². The van der Waals surface area contributed by atoms with E-state index in [9.17, 15) is 0 Å². The van der Waals surface area contributed by atoms with Crippen molar-refractivity contribution in [1.82, 2.24) is 4.98 Å². The highest BCUT2D eigenvalue weighted by molar-refractivity contribution is 5.26. The molecule has 0 fully saturated rings. The van der Waals surface area contributed by atoms with E-state index in [1.54, 1.807) is 0 Å². The Labute approximate surface area is 91.7 Å². The van der Waals surface area contributed by atoms with Gasteiger partial charge in [0, 0.05) is 18.3 Å². The van der Waals surface area contributed by atoms with Crippen LogP contribution in [0.1, 0.15) is 44.4 Å². The summed E-state index contributed by atoms with van der Waals surface area (Å²) in [5, 5.41) is 0. The average molecular weight is 208 g/mol. The van der Waals surface area contributed by atoms with Crippen LogP contribution >= 0.6 is 0 Å². The number of nitrogens with zero attached hydrogens (tertiary/aromatic N) is 1. The number of nitrogens with two attached hydrogens (primary N) is 1. The first-order chi connectivity index (χ1) is 7.17. The lowest BCUT2D eigenvalue weighted by Crippen LogP contribution is -2.04. The van der Waals surface area contributed by atoms with Gasteiger partial charge in [-0.1, -0.05) is 20.8 Å². The zero-order valence-electron chi connectivity index (χ0n) is 9.79. The Morgan fingerprint density at radius 2 is 2.13 bits per heavy atom. The highest BCUT2D eigenvalue weighted by Gasteiger charge is 2.06. The molecule has 0 unspecified atom stereocenters. The number of aromatic nitrogens is 1. The Bertz CT molecular complexity index is 310. The van der Waals surface area contributed by atoms with Gasteiger partial charge in [-0.3, -0.25) is 0 Å².